The van der Waals surface area contributed by atoms with Crippen LogP contribution in [0.25, 0.3) is 0 Å². The fourth-order valence-electron chi connectivity index (χ4n) is 2.93. The summed E-state index contributed by atoms with van der Waals surface area (Å²) in [5, 5.41) is 0.0962. The maximum Gasteiger partial charge on any atom is 0.258 e. The van der Waals surface area contributed by atoms with Crippen molar-refractivity contribution < 1.29 is 9.22 Å². The van der Waals surface area contributed by atoms with Crippen molar-refractivity contribution in [1.29, 1.82) is 0 Å². The summed E-state index contributed by atoms with van der Waals surface area (Å²) in [5.74, 6) is 0.723. The first-order valence-electron chi connectivity index (χ1n) is 9.18. The number of hydrogen-bond donors (Lipinski definition) is 1. The third-order valence-corrected chi connectivity index (χ3v) is 10.5. The lowest BCUT2D eigenvalue weighted by molar-refractivity contribution is 0.0980. The van der Waals surface area contributed by atoms with Gasteiger partial charge in [0.25, 0.3) is 14.2 Å². The zero-order valence-corrected chi connectivity index (χ0v) is 19.2. The van der Waals surface area contributed by atoms with Crippen molar-refractivity contribution in [2.45, 2.75) is 45.3 Å². The van der Waals surface area contributed by atoms with E-state index in [2.05, 4.69) is 49.8 Å². The molecule has 0 saturated carbocycles. The maximum absolute atomic E-state index is 12.9. The molecule has 0 unspecified atom stereocenters. The summed E-state index contributed by atoms with van der Waals surface area (Å²) in [5.41, 5.74) is 9.52. The highest BCUT2D eigenvalue weighted by Crippen LogP contribution is 2.40. The molecule has 4 nitrogen and oxygen atoms in total. The van der Waals surface area contributed by atoms with Crippen LogP contribution in [0.4, 0.5) is 11.4 Å². The summed E-state index contributed by atoms with van der Waals surface area (Å²) in [6, 6.07) is 11.5. The van der Waals surface area contributed by atoms with Gasteiger partial charge in [0.05, 0.1) is 5.69 Å². The molecule has 0 aromatic heterocycles. The Morgan fingerprint density at radius 1 is 1.15 bits per heavy atom. The van der Waals surface area contributed by atoms with Crippen LogP contribution in [-0.4, -0.2) is 20.8 Å². The largest absolute Gasteiger partial charge is 0.542 e. The van der Waals surface area contributed by atoms with E-state index in [-0.39, 0.29) is 10.9 Å². The zero-order valence-electron chi connectivity index (χ0n) is 16.6. The van der Waals surface area contributed by atoms with Crippen molar-refractivity contribution >= 4 is 41.5 Å². The van der Waals surface area contributed by atoms with Gasteiger partial charge in [-0.1, -0.05) is 36.7 Å². The second kappa shape index (κ2) is 6.98. The van der Waals surface area contributed by atoms with Gasteiger partial charge >= 0.3 is 0 Å². The number of anilines is 2. The second-order valence-electron chi connectivity index (χ2n) is 8.59. The zero-order chi connectivity index (χ0) is 20.0. The van der Waals surface area contributed by atoms with Crippen LogP contribution in [0.1, 0.15) is 36.7 Å². The number of nitrogens with two attached hydrogens (primary N) is 1. The lowest BCUT2D eigenvalue weighted by Crippen LogP contribution is -2.44. The summed E-state index contributed by atoms with van der Waals surface area (Å²) in [4.78, 5) is 14.7. The van der Waals surface area contributed by atoms with Crippen LogP contribution in [0.5, 0.6) is 5.75 Å². The molecule has 27 heavy (non-hydrogen) atoms. The minimum atomic E-state index is -1.97. The molecule has 0 fully saturated rings. The highest BCUT2D eigenvalue weighted by atomic mass is 79.9. The smallest absolute Gasteiger partial charge is 0.258 e. The highest BCUT2D eigenvalue weighted by Gasteiger charge is 2.39. The van der Waals surface area contributed by atoms with Gasteiger partial charge in [-0.25, -0.2) is 0 Å². The average molecular weight is 447 g/mol. The number of rotatable bonds is 3. The maximum atomic E-state index is 12.9. The first-order valence-corrected chi connectivity index (χ1v) is 12.9. The van der Waals surface area contributed by atoms with E-state index in [9.17, 15) is 4.79 Å². The fourth-order valence-corrected chi connectivity index (χ4v) is 4.38. The van der Waals surface area contributed by atoms with Gasteiger partial charge in [0.2, 0.25) is 0 Å². The Balaban J connectivity index is 1.86. The van der Waals surface area contributed by atoms with E-state index in [1.807, 2.05) is 36.4 Å². The number of hydrogen-bond acceptors (Lipinski definition) is 3. The Labute approximate surface area is 171 Å². The van der Waals surface area contributed by atoms with Gasteiger partial charge in [-0.3, -0.25) is 4.79 Å². The predicted octanol–water partition coefficient (Wildman–Crippen LogP) is 5.62. The molecule has 1 aliphatic rings. The van der Waals surface area contributed by atoms with Gasteiger partial charge in [0.15, 0.2) is 0 Å². The van der Waals surface area contributed by atoms with Gasteiger partial charge in [0.1, 0.15) is 5.75 Å². The Morgan fingerprint density at radius 3 is 2.48 bits per heavy atom. The van der Waals surface area contributed by atoms with Crippen LogP contribution in [0, 0.1) is 0 Å². The minimum absolute atomic E-state index is 0.0150. The molecule has 144 valence electrons. The number of carbonyl (C=O) groups excluding carboxylic acids is 1. The van der Waals surface area contributed by atoms with Gasteiger partial charge in [0, 0.05) is 22.3 Å². The van der Waals surface area contributed by atoms with E-state index in [4.69, 9.17) is 10.2 Å². The van der Waals surface area contributed by atoms with Crippen molar-refractivity contribution in [3.63, 3.8) is 0 Å². The molecule has 0 saturated heterocycles. The molecule has 1 aliphatic heterocycles. The lowest BCUT2D eigenvalue weighted by atomic mass is 9.98. The molecule has 2 aromatic carbocycles. The van der Waals surface area contributed by atoms with E-state index in [0.29, 0.717) is 18.0 Å². The molecule has 3 rings (SSSR count). The molecule has 1 amide bonds. The van der Waals surface area contributed by atoms with Crippen LogP contribution in [0.15, 0.2) is 40.9 Å². The Morgan fingerprint density at radius 2 is 1.85 bits per heavy atom. The highest BCUT2D eigenvalue weighted by molar-refractivity contribution is 9.10. The molecule has 0 atom stereocenters. The molecule has 1 heterocycles. The van der Waals surface area contributed by atoms with Gasteiger partial charge in [-0.15, -0.1) is 0 Å². The SMILES string of the molecule is CC(C)(C)[Si](C)(C)Oc1ccc(N2CCc3cc(Br)ccc3C2=O)cc1N. The number of carbonyl (C=O) groups is 1. The first kappa shape index (κ1) is 20.0. The number of nitrogens with zero attached hydrogens (tertiary/aromatic N) is 1. The van der Waals surface area contributed by atoms with Crippen LogP contribution >= 0.6 is 15.9 Å². The monoisotopic (exact) mass is 446 g/mol. The summed E-state index contributed by atoms with van der Waals surface area (Å²) < 4.78 is 7.34. The van der Waals surface area contributed by atoms with Gasteiger partial charge < -0.3 is 15.1 Å². The molecule has 0 spiro atoms. The third kappa shape index (κ3) is 3.92. The van der Waals surface area contributed by atoms with Crippen molar-refractivity contribution in [2.75, 3.05) is 17.2 Å². The molecular formula is C21H27BrN2O2Si. The average Bonchev–Trinajstić information content (AvgIpc) is 2.56. The van der Waals surface area contributed by atoms with E-state index >= 15 is 0 Å². The van der Waals surface area contributed by atoms with Crippen LogP contribution in [0.3, 0.4) is 0 Å². The van der Waals surface area contributed by atoms with E-state index in [1.54, 1.807) is 4.90 Å². The standard InChI is InChI=1S/C21H27BrN2O2Si/c1-21(2,3)27(4,5)26-19-9-7-16(13-18(19)23)24-11-10-14-12-15(22)6-8-17(14)20(24)25/h6-9,12-13H,10-11,23H2,1-5H3. The molecule has 0 aliphatic carbocycles. The fraction of sp³-hybridized carbons (Fsp3) is 0.381. The molecule has 2 N–H and O–H groups in total. The van der Waals surface area contributed by atoms with Gasteiger partial charge in [-0.2, -0.15) is 0 Å². The normalized spacial score (nSPS) is 14.9. The first-order chi connectivity index (χ1) is 12.5. The predicted molar refractivity (Wildman–Crippen MR) is 118 cm³/mol. The van der Waals surface area contributed by atoms with Crippen LogP contribution < -0.4 is 15.1 Å². The summed E-state index contributed by atoms with van der Waals surface area (Å²) in [6.07, 6.45) is 0.822. The molecule has 0 radical (unpaired) electrons. The van der Waals surface area contributed by atoms with E-state index in [1.165, 1.54) is 0 Å². The summed E-state index contributed by atoms with van der Waals surface area (Å²) in [7, 11) is -1.97. The van der Waals surface area contributed by atoms with E-state index < -0.39 is 8.32 Å². The van der Waals surface area contributed by atoms with Crippen molar-refractivity contribution in [2.24, 2.45) is 0 Å². The van der Waals surface area contributed by atoms with Crippen molar-refractivity contribution in [3.8, 4) is 5.75 Å². The van der Waals surface area contributed by atoms with E-state index in [0.717, 1.165) is 27.7 Å². The Hall–Kier alpha value is -1.79. The molecule has 2 aromatic rings. The molecule has 6 heteroatoms. The van der Waals surface area contributed by atoms with Crippen molar-refractivity contribution in [3.05, 3.63) is 52.0 Å². The summed E-state index contributed by atoms with van der Waals surface area (Å²) in [6.45, 7) is 11.6. The number of nitrogen functional groups attached to an aromatic ring is 1. The summed E-state index contributed by atoms with van der Waals surface area (Å²) >= 11 is 3.47. The minimum Gasteiger partial charge on any atom is -0.542 e. The second-order valence-corrected chi connectivity index (χ2v) is 14.2. The van der Waals surface area contributed by atoms with Crippen LogP contribution in [0.2, 0.25) is 18.1 Å². The number of halogens is 1. The van der Waals surface area contributed by atoms with Crippen molar-refractivity contribution in [1.82, 2.24) is 0 Å². The number of fused-ring (bicyclic) bond motifs is 1. The van der Waals surface area contributed by atoms with Gasteiger partial charge in [-0.05, 0) is 66.5 Å². The Kier molecular flexibility index (Phi) is 5.16. The Bertz CT molecular complexity index is 890. The topological polar surface area (TPSA) is 55.6 Å². The lowest BCUT2D eigenvalue weighted by Gasteiger charge is -2.37. The third-order valence-electron chi connectivity index (χ3n) is 5.62. The molecule has 0 bridgehead atoms. The number of amides is 1. The quantitative estimate of drug-likeness (QED) is 0.491. The molecular weight excluding hydrogens is 420 g/mol. The van der Waals surface area contributed by atoms with Crippen LogP contribution in [-0.2, 0) is 6.42 Å². The number of benzene rings is 2.